The fourth-order valence-electron chi connectivity index (χ4n) is 6.81. The topological polar surface area (TPSA) is 29.5 Å². The second kappa shape index (κ2) is 29.5. The van der Waals surface area contributed by atoms with Crippen LogP contribution in [-0.4, -0.2) is 37.1 Å². The number of nitrogens with zero attached hydrogens (tertiary/aromatic N) is 1. The van der Waals surface area contributed by atoms with E-state index in [1.807, 2.05) is 0 Å². The quantitative estimate of drug-likeness (QED) is 0.0606. The number of unbranched alkanes of at least 4 members (excludes halogenated alkanes) is 15. The van der Waals surface area contributed by atoms with Gasteiger partial charge in [0.05, 0.1) is 6.61 Å². The van der Waals surface area contributed by atoms with Gasteiger partial charge in [-0.3, -0.25) is 4.79 Å². The molecule has 0 radical (unpaired) electrons. The van der Waals surface area contributed by atoms with Crippen molar-refractivity contribution in [3.63, 3.8) is 0 Å². The molecule has 41 heavy (non-hydrogen) atoms. The summed E-state index contributed by atoms with van der Waals surface area (Å²) in [7, 11) is 0. The Balaban J connectivity index is 2.09. The fourth-order valence-corrected chi connectivity index (χ4v) is 6.81. The van der Waals surface area contributed by atoms with Crippen LogP contribution in [0.1, 0.15) is 201 Å². The van der Waals surface area contributed by atoms with E-state index in [1.54, 1.807) is 0 Å². The van der Waals surface area contributed by atoms with E-state index in [9.17, 15) is 4.79 Å². The predicted octanol–water partition coefficient (Wildman–Crippen LogP) is 12.1. The van der Waals surface area contributed by atoms with Gasteiger partial charge in [-0.1, -0.05) is 162 Å². The summed E-state index contributed by atoms with van der Waals surface area (Å²) in [6.07, 6.45) is 37.0. The van der Waals surface area contributed by atoms with Crippen LogP contribution in [0.2, 0.25) is 0 Å². The van der Waals surface area contributed by atoms with Crippen LogP contribution in [-0.2, 0) is 9.53 Å². The highest BCUT2D eigenvalue weighted by atomic mass is 16.5. The van der Waals surface area contributed by atoms with Crippen LogP contribution in [0.4, 0.5) is 0 Å². The highest BCUT2D eigenvalue weighted by Gasteiger charge is 2.15. The van der Waals surface area contributed by atoms with Crippen molar-refractivity contribution in [1.29, 1.82) is 0 Å². The average molecular weight is 578 g/mol. The molecule has 0 spiro atoms. The second-order valence-corrected chi connectivity index (χ2v) is 13.6. The zero-order valence-corrected chi connectivity index (χ0v) is 28.5. The van der Waals surface area contributed by atoms with Crippen molar-refractivity contribution >= 4 is 5.97 Å². The fraction of sp³-hybridized carbons (Fsp3) is 0.974. The molecule has 0 aromatic carbocycles. The standard InChI is InChI=1S/C38H75NO2/c1-4-7-10-11-12-15-20-27-36(30-34-39-32-23-24-33-39)28-21-16-13-14-17-22-29-38(40)41-35-31-37(25-18-8-5-2)26-19-9-6-3/h36-37H,4-35H2,1-3H3. The summed E-state index contributed by atoms with van der Waals surface area (Å²) in [4.78, 5) is 15.0. The van der Waals surface area contributed by atoms with Gasteiger partial charge in [0.1, 0.15) is 0 Å². The van der Waals surface area contributed by atoms with Crippen LogP contribution >= 0.6 is 0 Å². The molecule has 0 aromatic heterocycles. The van der Waals surface area contributed by atoms with Crippen molar-refractivity contribution in [2.75, 3.05) is 26.2 Å². The monoisotopic (exact) mass is 578 g/mol. The number of carbonyl (C=O) groups excluding carboxylic acids is 1. The Bertz CT molecular complexity index is 534. The van der Waals surface area contributed by atoms with Crippen molar-refractivity contribution in [1.82, 2.24) is 4.90 Å². The smallest absolute Gasteiger partial charge is 0.305 e. The first kappa shape index (κ1) is 38.5. The molecule has 1 heterocycles. The van der Waals surface area contributed by atoms with Crippen molar-refractivity contribution in [3.8, 4) is 0 Å². The zero-order valence-electron chi connectivity index (χ0n) is 28.5. The first-order valence-corrected chi connectivity index (χ1v) is 19.1. The molecule has 1 aliphatic heterocycles. The maximum atomic E-state index is 12.3. The van der Waals surface area contributed by atoms with Crippen LogP contribution in [0.15, 0.2) is 0 Å². The van der Waals surface area contributed by atoms with Gasteiger partial charge in [0.15, 0.2) is 0 Å². The number of rotatable bonds is 31. The number of carbonyl (C=O) groups is 1. The molecule has 1 aliphatic rings. The van der Waals surface area contributed by atoms with Crippen molar-refractivity contribution in [2.45, 2.75) is 201 Å². The molecule has 1 fully saturated rings. The van der Waals surface area contributed by atoms with Crippen LogP contribution < -0.4 is 0 Å². The van der Waals surface area contributed by atoms with E-state index in [0.717, 1.165) is 24.7 Å². The first-order valence-electron chi connectivity index (χ1n) is 19.1. The third kappa shape index (κ3) is 24.6. The highest BCUT2D eigenvalue weighted by Crippen LogP contribution is 2.24. The first-order chi connectivity index (χ1) is 20.2. The minimum atomic E-state index is 0.0390. The highest BCUT2D eigenvalue weighted by molar-refractivity contribution is 5.69. The lowest BCUT2D eigenvalue weighted by Gasteiger charge is -2.21. The summed E-state index contributed by atoms with van der Waals surface area (Å²) in [5, 5.41) is 0. The summed E-state index contributed by atoms with van der Waals surface area (Å²) in [6.45, 7) is 11.5. The largest absolute Gasteiger partial charge is 0.466 e. The molecule has 244 valence electrons. The Labute approximate surface area is 258 Å². The van der Waals surface area contributed by atoms with E-state index < -0.39 is 0 Å². The lowest BCUT2D eigenvalue weighted by atomic mass is 9.91. The van der Waals surface area contributed by atoms with Crippen molar-refractivity contribution in [2.24, 2.45) is 11.8 Å². The molecule has 1 rings (SSSR count). The van der Waals surface area contributed by atoms with Gasteiger partial charge in [-0.25, -0.2) is 0 Å². The third-order valence-electron chi connectivity index (χ3n) is 9.73. The number of hydrogen-bond acceptors (Lipinski definition) is 3. The van der Waals surface area contributed by atoms with Crippen LogP contribution in [0.25, 0.3) is 0 Å². The Morgan fingerprint density at radius 2 is 0.951 bits per heavy atom. The SMILES string of the molecule is CCCCCCCCCC(CCCCCCCCC(=O)OCCC(CCCCC)CCCCC)CCN1CCCC1. The summed E-state index contributed by atoms with van der Waals surface area (Å²) < 4.78 is 5.64. The van der Waals surface area contributed by atoms with Gasteiger partial charge in [0.25, 0.3) is 0 Å². The minimum Gasteiger partial charge on any atom is -0.466 e. The predicted molar refractivity (Wildman–Crippen MR) is 181 cm³/mol. The average Bonchev–Trinajstić information content (AvgIpc) is 3.50. The van der Waals surface area contributed by atoms with E-state index in [1.165, 1.54) is 180 Å². The maximum absolute atomic E-state index is 12.3. The molecule has 0 saturated carbocycles. The molecule has 1 unspecified atom stereocenters. The van der Waals surface area contributed by atoms with Gasteiger partial charge in [0.2, 0.25) is 0 Å². The van der Waals surface area contributed by atoms with Crippen LogP contribution in [0, 0.1) is 11.8 Å². The number of likely N-dealkylation sites (tertiary alicyclic amines) is 1. The van der Waals surface area contributed by atoms with Gasteiger partial charge in [0, 0.05) is 6.42 Å². The van der Waals surface area contributed by atoms with Gasteiger partial charge >= 0.3 is 5.97 Å². The van der Waals surface area contributed by atoms with Gasteiger partial charge in [-0.15, -0.1) is 0 Å². The normalized spacial score (nSPS) is 14.7. The Morgan fingerprint density at radius 1 is 0.537 bits per heavy atom. The lowest BCUT2D eigenvalue weighted by molar-refractivity contribution is -0.144. The molecule has 1 saturated heterocycles. The lowest BCUT2D eigenvalue weighted by Crippen LogP contribution is -2.22. The molecule has 0 aliphatic carbocycles. The van der Waals surface area contributed by atoms with E-state index in [4.69, 9.17) is 4.74 Å². The Morgan fingerprint density at radius 3 is 1.49 bits per heavy atom. The molecule has 1 atom stereocenters. The van der Waals surface area contributed by atoms with Crippen LogP contribution in [0.5, 0.6) is 0 Å². The molecule has 0 aromatic rings. The molecular weight excluding hydrogens is 502 g/mol. The van der Waals surface area contributed by atoms with E-state index in [0.29, 0.717) is 13.0 Å². The molecule has 3 heteroatoms. The second-order valence-electron chi connectivity index (χ2n) is 13.6. The van der Waals surface area contributed by atoms with E-state index in [-0.39, 0.29) is 5.97 Å². The Hall–Kier alpha value is -0.570. The van der Waals surface area contributed by atoms with Gasteiger partial charge in [-0.05, 0) is 63.6 Å². The number of esters is 1. The summed E-state index contributed by atoms with van der Waals surface area (Å²) >= 11 is 0. The summed E-state index contributed by atoms with van der Waals surface area (Å²) in [6, 6.07) is 0. The zero-order chi connectivity index (χ0) is 29.6. The molecule has 3 nitrogen and oxygen atoms in total. The molecular formula is C38H75NO2. The van der Waals surface area contributed by atoms with Crippen LogP contribution in [0.3, 0.4) is 0 Å². The maximum Gasteiger partial charge on any atom is 0.305 e. The van der Waals surface area contributed by atoms with E-state index >= 15 is 0 Å². The molecule has 0 N–H and O–H groups in total. The number of ether oxygens (including phenoxy) is 1. The minimum absolute atomic E-state index is 0.0390. The van der Waals surface area contributed by atoms with Gasteiger partial charge in [-0.2, -0.15) is 0 Å². The third-order valence-corrected chi connectivity index (χ3v) is 9.73. The van der Waals surface area contributed by atoms with Gasteiger partial charge < -0.3 is 9.64 Å². The molecule has 0 bridgehead atoms. The summed E-state index contributed by atoms with van der Waals surface area (Å²) in [5.74, 6) is 1.73. The van der Waals surface area contributed by atoms with E-state index in [2.05, 4.69) is 25.7 Å². The summed E-state index contributed by atoms with van der Waals surface area (Å²) in [5.41, 5.74) is 0. The van der Waals surface area contributed by atoms with Crippen molar-refractivity contribution in [3.05, 3.63) is 0 Å². The number of hydrogen-bond donors (Lipinski definition) is 0. The molecule has 0 amide bonds. The van der Waals surface area contributed by atoms with Crippen molar-refractivity contribution < 1.29 is 9.53 Å². The Kier molecular flexibility index (Phi) is 27.7.